The molecule has 0 aliphatic rings. The molecule has 0 heterocycles. The first kappa shape index (κ1) is 9.51. The van der Waals surface area contributed by atoms with Gasteiger partial charge in [0.15, 0.2) is 0 Å². The monoisotopic (exact) mass is 185 g/mol. The second kappa shape index (κ2) is 4.35. The number of ether oxygens (including phenoxy) is 1. The molecule has 0 radical (unpaired) electrons. The van der Waals surface area contributed by atoms with Crippen molar-refractivity contribution < 1.29 is 24.2 Å². The van der Waals surface area contributed by atoms with Crippen LogP contribution in [0.1, 0.15) is 5.56 Å². The van der Waals surface area contributed by atoms with E-state index in [4.69, 9.17) is 4.74 Å². The summed E-state index contributed by atoms with van der Waals surface area (Å²) in [4.78, 5) is 0. The molecule has 0 saturated heterocycles. The molecule has 0 saturated carbocycles. The molecule has 0 spiro atoms. The molecule has 0 bridgehead atoms. The van der Waals surface area contributed by atoms with Crippen molar-refractivity contribution in [2.75, 3.05) is 7.11 Å². The molecule has 2 heteroatoms. The summed E-state index contributed by atoms with van der Waals surface area (Å²) in [6.07, 6.45) is 0. The molecule has 1 nitrogen and oxygen atoms in total. The van der Waals surface area contributed by atoms with Gasteiger partial charge in [0.1, 0.15) is 0 Å². The Kier molecular flexibility index (Phi) is 4.14. The maximum absolute atomic E-state index is 4.94. The Morgan fingerprint density at radius 1 is 1.20 bits per heavy atom. The van der Waals surface area contributed by atoms with Gasteiger partial charge in [0, 0.05) is 0 Å². The van der Waals surface area contributed by atoms with Crippen LogP contribution in [0.25, 0.3) is 0 Å². The molecule has 1 aromatic rings. The third kappa shape index (κ3) is 2.40. The van der Waals surface area contributed by atoms with Gasteiger partial charge in [-0.05, 0) is 0 Å². The van der Waals surface area contributed by atoms with E-state index in [1.165, 1.54) is 0 Å². The van der Waals surface area contributed by atoms with E-state index in [2.05, 4.69) is 6.92 Å². The Morgan fingerprint density at radius 2 is 1.70 bits per heavy atom. The first-order valence-electron chi connectivity index (χ1n) is 2.79. The number of hydrogen-bond donors (Lipinski definition) is 0. The van der Waals surface area contributed by atoms with Gasteiger partial charge in [0.05, 0.1) is 12.9 Å². The summed E-state index contributed by atoms with van der Waals surface area (Å²) < 4.78 is 4.94. The molecule has 0 fully saturated rings. The van der Waals surface area contributed by atoms with E-state index in [-0.39, 0.29) is 19.5 Å². The van der Waals surface area contributed by atoms with Crippen LogP contribution in [0.5, 0.6) is 5.75 Å². The van der Waals surface area contributed by atoms with Crippen molar-refractivity contribution in [1.82, 2.24) is 0 Å². The molecule has 1 aromatic carbocycles. The minimum Gasteiger partial charge on any atom is -0.499 e. The normalized spacial score (nSPS) is 8.10. The Hall–Kier alpha value is -0.487. The average molecular weight is 187 g/mol. The molecule has 0 amide bonds. The topological polar surface area (TPSA) is 9.23 Å². The van der Waals surface area contributed by atoms with Gasteiger partial charge in [-0.1, -0.05) is 12.1 Å². The van der Waals surface area contributed by atoms with Crippen LogP contribution in [0.15, 0.2) is 24.3 Å². The van der Waals surface area contributed by atoms with E-state index in [1.807, 2.05) is 24.3 Å². The van der Waals surface area contributed by atoms with Crippen LogP contribution in [0.4, 0.5) is 0 Å². The van der Waals surface area contributed by atoms with Gasteiger partial charge in [0.2, 0.25) is 0 Å². The first-order valence-corrected chi connectivity index (χ1v) is 2.79. The van der Waals surface area contributed by atoms with Gasteiger partial charge in [-0.15, -0.1) is 0 Å². The second-order valence-corrected chi connectivity index (χ2v) is 1.85. The van der Waals surface area contributed by atoms with Crippen LogP contribution < -0.4 is 4.74 Å². The molecule has 0 atom stereocenters. The van der Waals surface area contributed by atoms with Crippen LogP contribution in [-0.4, -0.2) is 7.11 Å². The molecule has 0 aromatic heterocycles. The van der Waals surface area contributed by atoms with Crippen LogP contribution in [0.2, 0.25) is 0 Å². The molecule has 0 aliphatic carbocycles. The fraction of sp³-hybridized carbons (Fsp3) is 0.125. The third-order valence-electron chi connectivity index (χ3n) is 1.16. The molecule has 0 unspecified atom stereocenters. The van der Waals surface area contributed by atoms with Crippen molar-refractivity contribution in [2.24, 2.45) is 0 Å². The minimum atomic E-state index is 0. The second-order valence-electron chi connectivity index (χ2n) is 1.85. The summed E-state index contributed by atoms with van der Waals surface area (Å²) in [6, 6.07) is 7.61. The van der Waals surface area contributed by atoms with Crippen LogP contribution >= 0.6 is 0 Å². The predicted molar refractivity (Wildman–Crippen MR) is 37.5 cm³/mol. The summed E-state index contributed by atoms with van der Waals surface area (Å²) in [5, 5.41) is 0. The zero-order valence-corrected chi connectivity index (χ0v) is 9.10. The zero-order valence-electron chi connectivity index (χ0n) is 6.13. The van der Waals surface area contributed by atoms with Gasteiger partial charge < -0.3 is 4.74 Å². The Bertz CT molecular complexity index is 181. The van der Waals surface area contributed by atoms with E-state index in [9.17, 15) is 0 Å². The molecule has 1 rings (SSSR count). The molecule has 10 heavy (non-hydrogen) atoms. The fourth-order valence-electron chi connectivity index (χ4n) is 0.626. The van der Waals surface area contributed by atoms with Gasteiger partial charge in [-0.3, -0.25) is 0 Å². The fourth-order valence-corrected chi connectivity index (χ4v) is 0.626. The summed E-state index contributed by atoms with van der Waals surface area (Å²) in [5.41, 5.74) is 1.01. The maximum atomic E-state index is 4.94. The van der Waals surface area contributed by atoms with Crippen molar-refractivity contribution in [1.29, 1.82) is 0 Å². The molecule has 48 valence electrons. The van der Waals surface area contributed by atoms with Gasteiger partial charge in [-0.25, -0.2) is 0 Å². The zero-order chi connectivity index (χ0) is 6.69. The number of rotatable bonds is 1. The van der Waals surface area contributed by atoms with E-state index >= 15 is 0 Å². The summed E-state index contributed by atoms with van der Waals surface area (Å²) in [7, 11) is 1.65. The van der Waals surface area contributed by atoms with E-state index in [1.54, 1.807) is 7.11 Å². The van der Waals surface area contributed by atoms with Gasteiger partial charge in [0.25, 0.3) is 0 Å². The minimum absolute atomic E-state index is 0. The maximum Gasteiger partial charge on any atom is 2.00 e. The first-order chi connectivity index (χ1) is 4.33. The molecule has 0 aliphatic heterocycles. The number of hydrogen-bond acceptors (Lipinski definition) is 1. The molecule has 0 N–H and O–H groups in total. The Labute approximate surface area is 74.2 Å². The van der Waals surface area contributed by atoms with Crippen molar-refractivity contribution in [3.63, 3.8) is 0 Å². The van der Waals surface area contributed by atoms with Gasteiger partial charge >= 0.3 is 19.5 Å². The summed E-state index contributed by atoms with van der Waals surface area (Å²) >= 11 is 0. The SMILES string of the molecule is [CH2-]c1ccc(OC)cc1.[Zn+2]. The van der Waals surface area contributed by atoms with Crippen LogP contribution in [-0.2, 0) is 19.5 Å². The van der Waals surface area contributed by atoms with Crippen molar-refractivity contribution in [3.8, 4) is 5.75 Å². The quantitative estimate of drug-likeness (QED) is 0.481. The summed E-state index contributed by atoms with van der Waals surface area (Å²) in [6.45, 7) is 3.74. The number of benzene rings is 1. The smallest absolute Gasteiger partial charge is 0.499 e. The van der Waals surface area contributed by atoms with E-state index < -0.39 is 0 Å². The summed E-state index contributed by atoms with van der Waals surface area (Å²) in [5.74, 6) is 0.877. The van der Waals surface area contributed by atoms with Crippen LogP contribution in [0.3, 0.4) is 0 Å². The van der Waals surface area contributed by atoms with Crippen molar-refractivity contribution >= 4 is 0 Å². The van der Waals surface area contributed by atoms with E-state index in [0.717, 1.165) is 11.3 Å². The number of methoxy groups -OCH3 is 1. The average Bonchev–Trinajstić information content (AvgIpc) is 1.90. The molecular formula is C8H9OZn+. The Morgan fingerprint density at radius 3 is 2.10 bits per heavy atom. The van der Waals surface area contributed by atoms with Crippen LogP contribution in [0, 0.1) is 6.92 Å². The molecular weight excluding hydrogens is 177 g/mol. The Balaban J connectivity index is 0.000000810. The van der Waals surface area contributed by atoms with Crippen molar-refractivity contribution in [3.05, 3.63) is 36.8 Å². The van der Waals surface area contributed by atoms with Gasteiger partial charge in [-0.2, -0.15) is 24.6 Å². The largest absolute Gasteiger partial charge is 2.00 e. The third-order valence-corrected chi connectivity index (χ3v) is 1.16. The van der Waals surface area contributed by atoms with E-state index in [0.29, 0.717) is 0 Å². The predicted octanol–water partition coefficient (Wildman–Crippen LogP) is 1.87. The van der Waals surface area contributed by atoms with Crippen molar-refractivity contribution in [2.45, 2.75) is 0 Å². The standard InChI is InChI=1S/C8H9O.Zn/c1-7-3-5-8(9-2)6-4-7;/h3-6H,1H2,2H3;/q-1;+2.